The molecule has 0 radical (unpaired) electrons. The van der Waals surface area contributed by atoms with Crippen LogP contribution in [0.15, 0.2) is 0 Å². The highest BCUT2D eigenvalue weighted by atomic mass is 16.5. The van der Waals surface area contributed by atoms with E-state index in [1.165, 1.54) is 6.42 Å². The Morgan fingerprint density at radius 1 is 1.00 bits per heavy atom. The summed E-state index contributed by atoms with van der Waals surface area (Å²) >= 11 is 0. The standard InChI is InChI=1S/C12H27NO2/c1-5-14-10-7-6-8-13-9-11-15-12(2,3)4/h13H,5-11H2,1-4H3. The predicted octanol–water partition coefficient (Wildman–Crippen LogP) is 2.21. The zero-order valence-corrected chi connectivity index (χ0v) is 10.8. The minimum atomic E-state index is -0.0172. The predicted molar refractivity (Wildman–Crippen MR) is 64.3 cm³/mol. The Kier molecular flexibility index (Phi) is 9.06. The zero-order valence-electron chi connectivity index (χ0n) is 10.8. The van der Waals surface area contributed by atoms with Gasteiger partial charge in [-0.1, -0.05) is 0 Å². The van der Waals surface area contributed by atoms with E-state index in [0.29, 0.717) is 0 Å². The maximum absolute atomic E-state index is 5.59. The molecule has 0 aromatic carbocycles. The fourth-order valence-electron chi connectivity index (χ4n) is 1.15. The lowest BCUT2D eigenvalue weighted by Crippen LogP contribution is -2.27. The highest BCUT2D eigenvalue weighted by molar-refractivity contribution is 4.59. The van der Waals surface area contributed by atoms with E-state index in [-0.39, 0.29) is 5.60 Å². The molecule has 15 heavy (non-hydrogen) atoms. The van der Waals surface area contributed by atoms with Crippen molar-refractivity contribution >= 4 is 0 Å². The average molecular weight is 217 g/mol. The molecular weight excluding hydrogens is 190 g/mol. The first-order valence-electron chi connectivity index (χ1n) is 5.98. The van der Waals surface area contributed by atoms with Crippen molar-refractivity contribution in [3.05, 3.63) is 0 Å². The first-order chi connectivity index (χ1) is 7.06. The molecule has 0 heterocycles. The van der Waals surface area contributed by atoms with Gasteiger partial charge in [-0.05, 0) is 47.1 Å². The molecule has 0 aliphatic rings. The summed E-state index contributed by atoms with van der Waals surface area (Å²) in [6.07, 6.45) is 2.32. The van der Waals surface area contributed by atoms with Gasteiger partial charge in [-0.3, -0.25) is 0 Å². The maximum Gasteiger partial charge on any atom is 0.0599 e. The third kappa shape index (κ3) is 13.9. The summed E-state index contributed by atoms with van der Waals surface area (Å²) in [5, 5.41) is 3.35. The molecule has 0 aliphatic heterocycles. The Labute approximate surface area is 94.5 Å². The SMILES string of the molecule is CCOCCCCNCCOC(C)(C)C. The normalized spacial score (nSPS) is 12.0. The van der Waals surface area contributed by atoms with E-state index in [1.54, 1.807) is 0 Å². The Balaban J connectivity index is 2.99. The van der Waals surface area contributed by atoms with Crippen LogP contribution in [0.2, 0.25) is 0 Å². The molecule has 0 spiro atoms. The van der Waals surface area contributed by atoms with E-state index in [9.17, 15) is 0 Å². The van der Waals surface area contributed by atoms with Crippen LogP contribution in [-0.2, 0) is 9.47 Å². The van der Waals surface area contributed by atoms with E-state index in [4.69, 9.17) is 9.47 Å². The number of ether oxygens (including phenoxy) is 2. The van der Waals surface area contributed by atoms with Crippen LogP contribution < -0.4 is 5.32 Å². The van der Waals surface area contributed by atoms with Crippen LogP contribution in [0.1, 0.15) is 40.5 Å². The van der Waals surface area contributed by atoms with Crippen molar-refractivity contribution < 1.29 is 9.47 Å². The van der Waals surface area contributed by atoms with Gasteiger partial charge in [0.2, 0.25) is 0 Å². The number of hydrogen-bond acceptors (Lipinski definition) is 3. The summed E-state index contributed by atoms with van der Waals surface area (Å²) in [7, 11) is 0. The van der Waals surface area contributed by atoms with E-state index in [1.807, 2.05) is 6.92 Å². The molecular formula is C12H27NO2. The van der Waals surface area contributed by atoms with Gasteiger partial charge < -0.3 is 14.8 Å². The zero-order chi connectivity index (χ0) is 11.6. The third-order valence-electron chi connectivity index (χ3n) is 1.91. The van der Waals surface area contributed by atoms with Crippen molar-refractivity contribution in [3.8, 4) is 0 Å². The molecule has 0 aromatic heterocycles. The number of rotatable bonds is 9. The van der Waals surface area contributed by atoms with Gasteiger partial charge in [0.05, 0.1) is 12.2 Å². The molecule has 0 aliphatic carbocycles. The summed E-state index contributed by atoms with van der Waals surface area (Å²) in [6, 6.07) is 0. The lowest BCUT2D eigenvalue weighted by molar-refractivity contribution is -0.000784. The molecule has 1 N–H and O–H groups in total. The van der Waals surface area contributed by atoms with Crippen LogP contribution in [0.25, 0.3) is 0 Å². The number of nitrogens with one attached hydrogen (secondary N) is 1. The van der Waals surface area contributed by atoms with Crippen LogP contribution in [0.5, 0.6) is 0 Å². The minimum absolute atomic E-state index is 0.0172. The second-order valence-corrected chi connectivity index (χ2v) is 4.61. The molecule has 0 aromatic rings. The Morgan fingerprint density at radius 2 is 1.73 bits per heavy atom. The van der Waals surface area contributed by atoms with E-state index in [0.717, 1.165) is 39.3 Å². The minimum Gasteiger partial charge on any atom is -0.382 e. The van der Waals surface area contributed by atoms with Crippen LogP contribution in [0.4, 0.5) is 0 Å². The molecule has 0 saturated carbocycles. The largest absolute Gasteiger partial charge is 0.382 e. The fraction of sp³-hybridized carbons (Fsp3) is 1.00. The van der Waals surface area contributed by atoms with E-state index < -0.39 is 0 Å². The van der Waals surface area contributed by atoms with Crippen LogP contribution in [0, 0.1) is 0 Å². The summed E-state index contributed by atoms with van der Waals surface area (Å²) in [5.41, 5.74) is -0.0172. The van der Waals surface area contributed by atoms with Gasteiger partial charge in [0.15, 0.2) is 0 Å². The number of unbranched alkanes of at least 4 members (excludes halogenated alkanes) is 1. The van der Waals surface area contributed by atoms with Crippen molar-refractivity contribution in [2.24, 2.45) is 0 Å². The summed E-state index contributed by atoms with van der Waals surface area (Å²) in [5.74, 6) is 0. The van der Waals surface area contributed by atoms with Crippen LogP contribution in [-0.4, -0.2) is 38.5 Å². The van der Waals surface area contributed by atoms with Crippen molar-refractivity contribution in [2.75, 3.05) is 32.9 Å². The topological polar surface area (TPSA) is 30.5 Å². The first kappa shape index (κ1) is 14.9. The highest BCUT2D eigenvalue weighted by Gasteiger charge is 2.08. The van der Waals surface area contributed by atoms with Crippen LogP contribution >= 0.6 is 0 Å². The monoisotopic (exact) mass is 217 g/mol. The molecule has 0 fully saturated rings. The van der Waals surface area contributed by atoms with Crippen LogP contribution in [0.3, 0.4) is 0 Å². The van der Waals surface area contributed by atoms with Crippen molar-refractivity contribution in [2.45, 2.75) is 46.1 Å². The molecule has 0 rings (SSSR count). The Hall–Kier alpha value is -0.120. The number of hydrogen-bond donors (Lipinski definition) is 1. The van der Waals surface area contributed by atoms with Gasteiger partial charge in [0.1, 0.15) is 0 Å². The molecule has 0 bridgehead atoms. The summed E-state index contributed by atoms with van der Waals surface area (Å²) in [4.78, 5) is 0. The molecule has 0 unspecified atom stereocenters. The van der Waals surface area contributed by atoms with Crippen molar-refractivity contribution in [3.63, 3.8) is 0 Å². The van der Waals surface area contributed by atoms with Gasteiger partial charge in [0, 0.05) is 19.8 Å². The van der Waals surface area contributed by atoms with Crippen molar-refractivity contribution in [1.29, 1.82) is 0 Å². The summed E-state index contributed by atoms with van der Waals surface area (Å²) < 4.78 is 10.8. The molecule has 92 valence electrons. The molecule has 3 heteroatoms. The lowest BCUT2D eigenvalue weighted by atomic mass is 10.2. The van der Waals surface area contributed by atoms with E-state index in [2.05, 4.69) is 26.1 Å². The van der Waals surface area contributed by atoms with E-state index >= 15 is 0 Å². The maximum atomic E-state index is 5.59. The lowest BCUT2D eigenvalue weighted by Gasteiger charge is -2.19. The average Bonchev–Trinajstić information content (AvgIpc) is 2.14. The highest BCUT2D eigenvalue weighted by Crippen LogP contribution is 2.04. The third-order valence-corrected chi connectivity index (χ3v) is 1.91. The Bertz CT molecular complexity index is 132. The van der Waals surface area contributed by atoms with Gasteiger partial charge in [-0.2, -0.15) is 0 Å². The van der Waals surface area contributed by atoms with Gasteiger partial charge >= 0.3 is 0 Å². The molecule has 3 nitrogen and oxygen atoms in total. The van der Waals surface area contributed by atoms with Crippen molar-refractivity contribution in [1.82, 2.24) is 5.32 Å². The summed E-state index contributed by atoms with van der Waals surface area (Å²) in [6.45, 7) is 12.8. The van der Waals surface area contributed by atoms with Gasteiger partial charge in [0.25, 0.3) is 0 Å². The Morgan fingerprint density at radius 3 is 2.33 bits per heavy atom. The van der Waals surface area contributed by atoms with Gasteiger partial charge in [-0.15, -0.1) is 0 Å². The quantitative estimate of drug-likeness (QED) is 0.601. The fourth-order valence-corrected chi connectivity index (χ4v) is 1.15. The molecule has 0 saturated heterocycles. The van der Waals surface area contributed by atoms with Gasteiger partial charge in [-0.25, -0.2) is 0 Å². The second kappa shape index (κ2) is 9.13. The molecule has 0 amide bonds. The first-order valence-corrected chi connectivity index (χ1v) is 5.98. The smallest absolute Gasteiger partial charge is 0.0599 e. The molecule has 0 atom stereocenters. The second-order valence-electron chi connectivity index (χ2n) is 4.61.